The van der Waals surface area contributed by atoms with E-state index < -0.39 is 0 Å². The molecule has 7 nitrogen and oxygen atoms in total. The average Bonchev–Trinajstić information content (AvgIpc) is 3.14. The second-order valence-electron chi connectivity index (χ2n) is 7.53. The van der Waals surface area contributed by atoms with Crippen LogP contribution >= 0.6 is 0 Å². The average molecular weight is 379 g/mol. The zero-order valence-corrected chi connectivity index (χ0v) is 16.1. The first kappa shape index (κ1) is 18.4. The topological polar surface area (TPSA) is 73.0 Å². The van der Waals surface area contributed by atoms with E-state index in [-0.39, 0.29) is 24.1 Å². The number of carbonyl (C=O) groups is 1. The summed E-state index contributed by atoms with van der Waals surface area (Å²) in [5.74, 6) is -0.0689. The maximum absolute atomic E-state index is 13.2. The minimum atomic E-state index is -0.226. The van der Waals surface area contributed by atoms with Gasteiger partial charge in [0.25, 0.3) is 5.56 Å². The van der Waals surface area contributed by atoms with Crippen LogP contribution < -0.4 is 5.56 Å². The van der Waals surface area contributed by atoms with E-state index >= 15 is 0 Å². The Balaban J connectivity index is 1.59. The second kappa shape index (κ2) is 7.96. The number of aryl methyl sites for hydroxylation is 1. The van der Waals surface area contributed by atoms with E-state index in [0.29, 0.717) is 11.9 Å². The third kappa shape index (κ3) is 3.83. The largest absolute Gasteiger partial charge is 0.334 e. The molecule has 1 fully saturated rings. The summed E-state index contributed by atoms with van der Waals surface area (Å²) >= 11 is 0. The normalized spacial score (nSPS) is 15.0. The van der Waals surface area contributed by atoms with Gasteiger partial charge in [0.2, 0.25) is 5.91 Å². The van der Waals surface area contributed by atoms with E-state index in [1.54, 1.807) is 23.1 Å². The first-order valence-corrected chi connectivity index (χ1v) is 9.83. The Morgan fingerprint density at radius 3 is 2.68 bits per heavy atom. The summed E-state index contributed by atoms with van der Waals surface area (Å²) < 4.78 is 3.03. The summed E-state index contributed by atoms with van der Waals surface area (Å²) in [6, 6.07) is 7.53. The molecule has 3 aromatic rings. The SMILES string of the molecule is Cn1cc(CN(C(=O)Cn2ncc3ccccc3c2=O)C2CCCCC2)cn1. The summed E-state index contributed by atoms with van der Waals surface area (Å²) in [5, 5.41) is 9.82. The van der Waals surface area contributed by atoms with Gasteiger partial charge in [-0.3, -0.25) is 14.3 Å². The van der Waals surface area contributed by atoms with Gasteiger partial charge < -0.3 is 4.90 Å². The van der Waals surface area contributed by atoms with Crippen molar-refractivity contribution in [2.24, 2.45) is 7.05 Å². The van der Waals surface area contributed by atoms with Crippen LogP contribution in [-0.2, 0) is 24.9 Å². The number of fused-ring (bicyclic) bond motifs is 1. The number of nitrogens with zero attached hydrogens (tertiary/aromatic N) is 5. The van der Waals surface area contributed by atoms with E-state index in [4.69, 9.17) is 0 Å². The van der Waals surface area contributed by atoms with Gasteiger partial charge in [-0.15, -0.1) is 0 Å². The van der Waals surface area contributed by atoms with Crippen LogP contribution in [0, 0.1) is 0 Å². The van der Waals surface area contributed by atoms with Crippen LogP contribution in [0.2, 0.25) is 0 Å². The standard InChI is InChI=1S/C21H25N5O2/c1-24-13-16(11-22-24)14-25(18-8-3-2-4-9-18)20(27)15-26-21(28)19-10-6-5-7-17(19)12-23-26/h5-7,10-13,18H,2-4,8-9,14-15H2,1H3. The van der Waals surface area contributed by atoms with Crippen molar-refractivity contribution in [3.63, 3.8) is 0 Å². The highest BCUT2D eigenvalue weighted by atomic mass is 16.2. The zero-order valence-electron chi connectivity index (χ0n) is 16.1. The van der Waals surface area contributed by atoms with Crippen LogP contribution in [0.15, 0.2) is 47.7 Å². The third-order valence-electron chi connectivity index (χ3n) is 5.49. The van der Waals surface area contributed by atoms with Gasteiger partial charge in [-0.05, 0) is 18.9 Å². The fourth-order valence-electron chi connectivity index (χ4n) is 4.02. The number of benzene rings is 1. The van der Waals surface area contributed by atoms with Crippen LogP contribution in [-0.4, -0.2) is 36.4 Å². The van der Waals surface area contributed by atoms with Crippen LogP contribution in [0.3, 0.4) is 0 Å². The van der Waals surface area contributed by atoms with Crippen molar-refractivity contribution >= 4 is 16.7 Å². The fraction of sp³-hybridized carbons (Fsp3) is 0.429. The van der Waals surface area contributed by atoms with Crippen molar-refractivity contribution in [1.82, 2.24) is 24.5 Å². The van der Waals surface area contributed by atoms with Crippen molar-refractivity contribution in [2.75, 3.05) is 0 Å². The Labute approximate surface area is 163 Å². The van der Waals surface area contributed by atoms with E-state index in [1.807, 2.05) is 36.3 Å². The van der Waals surface area contributed by atoms with E-state index in [2.05, 4.69) is 10.2 Å². The molecular formula is C21H25N5O2. The molecular weight excluding hydrogens is 354 g/mol. The summed E-state index contributed by atoms with van der Waals surface area (Å²) in [6.45, 7) is 0.472. The maximum atomic E-state index is 13.2. The predicted octanol–water partition coefficient (Wildman–Crippen LogP) is 2.49. The summed E-state index contributed by atoms with van der Waals surface area (Å²) in [6.07, 6.45) is 10.9. The lowest BCUT2D eigenvalue weighted by molar-refractivity contribution is -0.135. The summed E-state index contributed by atoms with van der Waals surface area (Å²) in [5.41, 5.74) is 0.775. The molecule has 1 aliphatic rings. The van der Waals surface area contributed by atoms with Gasteiger partial charge in [-0.2, -0.15) is 10.2 Å². The minimum Gasteiger partial charge on any atom is -0.334 e. The number of carbonyl (C=O) groups excluding carboxylic acids is 1. The minimum absolute atomic E-state index is 0.0412. The Morgan fingerprint density at radius 1 is 1.14 bits per heavy atom. The molecule has 0 saturated heterocycles. The van der Waals surface area contributed by atoms with Crippen LogP contribution in [0.25, 0.3) is 10.8 Å². The fourth-order valence-corrected chi connectivity index (χ4v) is 4.02. The molecule has 4 rings (SSSR count). The molecule has 28 heavy (non-hydrogen) atoms. The zero-order chi connectivity index (χ0) is 19.5. The second-order valence-corrected chi connectivity index (χ2v) is 7.53. The molecule has 0 N–H and O–H groups in total. The molecule has 0 bridgehead atoms. The van der Waals surface area contributed by atoms with E-state index in [1.165, 1.54) is 11.1 Å². The molecule has 7 heteroatoms. The van der Waals surface area contributed by atoms with Crippen molar-refractivity contribution in [3.05, 3.63) is 58.8 Å². The molecule has 1 amide bonds. The smallest absolute Gasteiger partial charge is 0.275 e. The van der Waals surface area contributed by atoms with Gasteiger partial charge in [0.05, 0.1) is 17.8 Å². The first-order chi connectivity index (χ1) is 13.6. The number of hydrogen-bond acceptors (Lipinski definition) is 4. The molecule has 0 radical (unpaired) electrons. The molecule has 146 valence electrons. The van der Waals surface area contributed by atoms with Crippen LogP contribution in [0.4, 0.5) is 0 Å². The Bertz CT molecular complexity index is 1030. The highest BCUT2D eigenvalue weighted by Gasteiger charge is 2.26. The Morgan fingerprint density at radius 2 is 1.93 bits per heavy atom. The third-order valence-corrected chi connectivity index (χ3v) is 5.49. The molecule has 1 aliphatic carbocycles. The number of rotatable bonds is 5. The molecule has 0 aliphatic heterocycles. The lowest BCUT2D eigenvalue weighted by Gasteiger charge is -2.34. The monoisotopic (exact) mass is 379 g/mol. The summed E-state index contributed by atoms with van der Waals surface area (Å²) in [4.78, 5) is 27.9. The molecule has 0 spiro atoms. The molecule has 1 saturated carbocycles. The molecule has 0 unspecified atom stereocenters. The highest BCUT2D eigenvalue weighted by Crippen LogP contribution is 2.24. The molecule has 1 aromatic carbocycles. The Kier molecular flexibility index (Phi) is 5.23. The predicted molar refractivity (Wildman–Crippen MR) is 107 cm³/mol. The Hall–Kier alpha value is -2.96. The molecule has 2 heterocycles. The number of amides is 1. The lowest BCUT2D eigenvalue weighted by Crippen LogP contribution is -2.44. The van der Waals surface area contributed by atoms with Gasteiger partial charge in [-0.1, -0.05) is 37.5 Å². The van der Waals surface area contributed by atoms with Crippen LogP contribution in [0.1, 0.15) is 37.7 Å². The van der Waals surface area contributed by atoms with Crippen molar-refractivity contribution in [3.8, 4) is 0 Å². The first-order valence-electron chi connectivity index (χ1n) is 9.83. The number of aromatic nitrogens is 4. The molecule has 2 aromatic heterocycles. The van der Waals surface area contributed by atoms with Gasteiger partial charge in [0.15, 0.2) is 0 Å². The van der Waals surface area contributed by atoms with Crippen molar-refractivity contribution in [2.45, 2.75) is 51.2 Å². The van der Waals surface area contributed by atoms with Gasteiger partial charge >= 0.3 is 0 Å². The highest BCUT2D eigenvalue weighted by molar-refractivity contribution is 5.81. The van der Waals surface area contributed by atoms with Crippen molar-refractivity contribution in [1.29, 1.82) is 0 Å². The quantitative estimate of drug-likeness (QED) is 0.683. The lowest BCUT2D eigenvalue weighted by atomic mass is 9.94. The molecule has 0 atom stereocenters. The summed E-state index contributed by atoms with van der Waals surface area (Å²) in [7, 11) is 1.87. The van der Waals surface area contributed by atoms with Gasteiger partial charge in [0, 0.05) is 36.8 Å². The van der Waals surface area contributed by atoms with E-state index in [9.17, 15) is 9.59 Å². The maximum Gasteiger partial charge on any atom is 0.275 e. The van der Waals surface area contributed by atoms with E-state index in [0.717, 1.165) is 36.6 Å². The van der Waals surface area contributed by atoms with Gasteiger partial charge in [-0.25, -0.2) is 4.68 Å². The number of hydrogen-bond donors (Lipinski definition) is 0. The van der Waals surface area contributed by atoms with Crippen molar-refractivity contribution < 1.29 is 4.79 Å². The van der Waals surface area contributed by atoms with Gasteiger partial charge in [0.1, 0.15) is 6.54 Å². The van der Waals surface area contributed by atoms with Crippen LogP contribution in [0.5, 0.6) is 0 Å².